The van der Waals surface area contributed by atoms with Crippen LogP contribution in [-0.2, 0) is 16.2 Å². The fourth-order valence-electron chi connectivity index (χ4n) is 11.0. The molecule has 0 amide bonds. The number of para-hydroxylation sites is 2. The largest absolute Gasteiger partial charge is 0.455 e. The van der Waals surface area contributed by atoms with E-state index in [2.05, 4.69) is 248 Å². The van der Waals surface area contributed by atoms with E-state index in [9.17, 15) is 0 Å². The minimum Gasteiger partial charge on any atom is -0.455 e. The maximum Gasteiger partial charge on any atom is 0.252 e. The molecule has 3 nitrogen and oxygen atoms in total. The van der Waals surface area contributed by atoms with Crippen LogP contribution in [0.25, 0.3) is 55.0 Å². The van der Waals surface area contributed by atoms with Gasteiger partial charge in [-0.15, -0.1) is 0 Å². The second-order valence-corrected chi connectivity index (χ2v) is 22.2. The van der Waals surface area contributed by atoms with Gasteiger partial charge in [0.15, 0.2) is 0 Å². The third-order valence-corrected chi connectivity index (χ3v) is 14.7. The average molecular weight is 881 g/mol. The van der Waals surface area contributed by atoms with Crippen LogP contribution in [0.3, 0.4) is 0 Å². The lowest BCUT2D eigenvalue weighted by Crippen LogP contribution is -2.61. The van der Waals surface area contributed by atoms with Gasteiger partial charge in [-0.2, -0.15) is 0 Å². The third kappa shape index (κ3) is 6.63. The predicted molar refractivity (Wildman–Crippen MR) is 292 cm³/mol. The molecule has 1 aromatic heterocycles. The summed E-state index contributed by atoms with van der Waals surface area (Å²) in [5.41, 5.74) is 21.5. The minimum atomic E-state index is -0.139. The van der Waals surface area contributed by atoms with E-state index in [1.807, 2.05) is 6.07 Å². The van der Waals surface area contributed by atoms with Crippen LogP contribution < -0.4 is 26.2 Å². The van der Waals surface area contributed by atoms with Gasteiger partial charge in [-0.25, -0.2) is 0 Å². The zero-order valence-corrected chi connectivity index (χ0v) is 40.7. The van der Waals surface area contributed by atoms with Gasteiger partial charge >= 0.3 is 0 Å². The van der Waals surface area contributed by atoms with Gasteiger partial charge in [-0.3, -0.25) is 0 Å². The van der Waals surface area contributed by atoms with Gasteiger partial charge in [0, 0.05) is 50.2 Å². The molecule has 12 rings (SSSR count). The first-order chi connectivity index (χ1) is 32.6. The Kier molecular flexibility index (Phi) is 9.35. The van der Waals surface area contributed by atoms with Crippen LogP contribution in [0.4, 0.5) is 34.1 Å². The van der Waals surface area contributed by atoms with Crippen LogP contribution in [-0.4, -0.2) is 6.71 Å². The highest BCUT2D eigenvalue weighted by Gasteiger charge is 2.45. The Hall–Kier alpha value is -7.30. The van der Waals surface area contributed by atoms with Gasteiger partial charge in [0.05, 0.1) is 5.69 Å². The Balaban J connectivity index is 1.14. The quantitative estimate of drug-likeness (QED) is 0.164. The molecule has 332 valence electrons. The Morgan fingerprint density at radius 1 is 0.368 bits per heavy atom. The second-order valence-electron chi connectivity index (χ2n) is 22.2. The predicted octanol–water partition coefficient (Wildman–Crippen LogP) is 16.0. The van der Waals surface area contributed by atoms with Crippen molar-refractivity contribution in [2.24, 2.45) is 0 Å². The summed E-state index contributed by atoms with van der Waals surface area (Å²) in [7, 11) is 0. The molecule has 0 unspecified atom stereocenters. The number of fused-ring (bicyclic) bond motifs is 8. The van der Waals surface area contributed by atoms with Crippen molar-refractivity contribution in [3.8, 4) is 22.3 Å². The molecule has 9 aromatic carbocycles. The van der Waals surface area contributed by atoms with E-state index in [1.54, 1.807) is 0 Å². The van der Waals surface area contributed by atoms with E-state index in [-0.39, 0.29) is 23.0 Å². The van der Waals surface area contributed by atoms with E-state index in [4.69, 9.17) is 4.42 Å². The zero-order chi connectivity index (χ0) is 46.9. The van der Waals surface area contributed by atoms with Crippen molar-refractivity contribution in [1.29, 1.82) is 0 Å². The monoisotopic (exact) mass is 880 g/mol. The van der Waals surface area contributed by atoms with Crippen molar-refractivity contribution >= 4 is 89.9 Å². The molecule has 0 saturated heterocycles. The van der Waals surface area contributed by atoms with Crippen molar-refractivity contribution in [3.63, 3.8) is 0 Å². The van der Waals surface area contributed by atoms with E-state index >= 15 is 0 Å². The SMILES string of the molecule is CC(C)(C)c1ccc2c(c1)B1c3cc(C(C)(C)C)ccc3N(c3ccc(-c4ccccc4)c4ccccc34)c3cc(C(C)(C)C)cc(c31)N2c1ccc(-c2cccc3c2oc2ccccc23)cc1. The van der Waals surface area contributed by atoms with E-state index in [0.717, 1.165) is 38.8 Å². The molecule has 4 heteroatoms. The topological polar surface area (TPSA) is 19.6 Å². The summed E-state index contributed by atoms with van der Waals surface area (Å²) < 4.78 is 6.55. The molecule has 3 heterocycles. The Bertz CT molecular complexity index is 3640. The summed E-state index contributed by atoms with van der Waals surface area (Å²) in [6.45, 7) is 21.1. The van der Waals surface area contributed by atoms with Crippen LogP contribution in [0.2, 0.25) is 0 Å². The summed E-state index contributed by atoms with van der Waals surface area (Å²) in [4.78, 5) is 5.17. The Morgan fingerprint density at radius 2 is 0.897 bits per heavy atom. The van der Waals surface area contributed by atoms with Gasteiger partial charge < -0.3 is 14.2 Å². The van der Waals surface area contributed by atoms with Crippen LogP contribution >= 0.6 is 0 Å². The van der Waals surface area contributed by atoms with Gasteiger partial charge in [0.25, 0.3) is 6.71 Å². The lowest BCUT2D eigenvalue weighted by molar-refractivity contribution is 0.590. The highest BCUT2D eigenvalue weighted by molar-refractivity contribution is 7.00. The summed E-state index contributed by atoms with van der Waals surface area (Å²) >= 11 is 0. The molecule has 2 aliphatic rings. The maximum absolute atomic E-state index is 6.55. The van der Waals surface area contributed by atoms with Gasteiger partial charge in [-0.1, -0.05) is 196 Å². The molecule has 0 atom stereocenters. The number of anilines is 6. The molecule has 0 N–H and O–H groups in total. The molecule has 0 spiro atoms. The standard InChI is InChI=1S/C64H57BN2O/c1-62(2,3)42-28-33-55-52(36-42)65-53-37-43(63(4,5)6)29-34-56(53)67(54-35-32-46(40-18-11-10-12-19-40)48-20-13-14-21-49(48)54)58-39-44(64(7,8)9)38-57(60(58)65)66(55)45-30-26-41(27-31-45)47-23-17-24-51-50-22-15-16-25-59(50)68-61(47)51/h10-39H,1-9H3. The van der Waals surface area contributed by atoms with Crippen LogP contribution in [0.15, 0.2) is 186 Å². The highest BCUT2D eigenvalue weighted by atomic mass is 16.3. The number of furan rings is 1. The maximum atomic E-state index is 6.55. The van der Waals surface area contributed by atoms with Crippen LogP contribution in [0, 0.1) is 0 Å². The number of hydrogen-bond acceptors (Lipinski definition) is 3. The molecule has 0 bridgehead atoms. The van der Waals surface area contributed by atoms with E-state index in [0.29, 0.717) is 0 Å². The smallest absolute Gasteiger partial charge is 0.252 e. The third-order valence-electron chi connectivity index (χ3n) is 14.7. The molecular weight excluding hydrogens is 824 g/mol. The Morgan fingerprint density at radius 3 is 1.54 bits per heavy atom. The molecule has 0 aliphatic carbocycles. The normalized spacial score (nSPS) is 13.6. The summed E-state index contributed by atoms with van der Waals surface area (Å²) in [5, 5.41) is 4.75. The number of nitrogens with zero attached hydrogens (tertiary/aromatic N) is 2. The molecule has 0 radical (unpaired) electrons. The first-order valence-corrected chi connectivity index (χ1v) is 24.3. The van der Waals surface area contributed by atoms with Crippen molar-refractivity contribution in [2.75, 3.05) is 9.80 Å². The summed E-state index contributed by atoms with van der Waals surface area (Å²) in [6, 6.07) is 68.2. The van der Waals surface area contributed by atoms with Crippen LogP contribution in [0.1, 0.15) is 79.0 Å². The van der Waals surface area contributed by atoms with Gasteiger partial charge in [-0.05, 0) is 120 Å². The molecule has 0 fully saturated rings. The highest BCUT2D eigenvalue weighted by Crippen LogP contribution is 2.49. The number of benzene rings is 9. The summed E-state index contributed by atoms with van der Waals surface area (Å²) in [6.07, 6.45) is 0. The number of rotatable bonds is 4. The van der Waals surface area contributed by atoms with Crippen LogP contribution in [0.5, 0.6) is 0 Å². The van der Waals surface area contributed by atoms with Crippen molar-refractivity contribution in [3.05, 3.63) is 199 Å². The van der Waals surface area contributed by atoms with Crippen molar-refractivity contribution < 1.29 is 4.42 Å². The fourth-order valence-corrected chi connectivity index (χ4v) is 11.0. The molecular formula is C64H57BN2O. The molecule has 10 aromatic rings. The fraction of sp³-hybridized carbons (Fsp3) is 0.188. The van der Waals surface area contributed by atoms with Crippen molar-refractivity contribution in [1.82, 2.24) is 0 Å². The van der Waals surface area contributed by atoms with E-state index < -0.39 is 0 Å². The Labute approximate surface area is 401 Å². The lowest BCUT2D eigenvalue weighted by Gasteiger charge is -2.46. The van der Waals surface area contributed by atoms with E-state index in [1.165, 1.54) is 83.4 Å². The van der Waals surface area contributed by atoms with Crippen molar-refractivity contribution in [2.45, 2.75) is 78.6 Å². The zero-order valence-electron chi connectivity index (χ0n) is 40.7. The summed E-state index contributed by atoms with van der Waals surface area (Å²) in [5.74, 6) is 0. The first-order valence-electron chi connectivity index (χ1n) is 24.3. The molecule has 2 aliphatic heterocycles. The lowest BCUT2D eigenvalue weighted by atomic mass is 9.33. The molecule has 68 heavy (non-hydrogen) atoms. The van der Waals surface area contributed by atoms with Gasteiger partial charge in [0.1, 0.15) is 11.2 Å². The number of hydrogen-bond donors (Lipinski definition) is 0. The molecule has 0 saturated carbocycles. The minimum absolute atomic E-state index is 0.00376. The average Bonchev–Trinajstić information content (AvgIpc) is 3.72. The van der Waals surface area contributed by atoms with Gasteiger partial charge in [0.2, 0.25) is 0 Å². The second kappa shape index (κ2) is 15.1. The first kappa shape index (κ1) is 42.1.